The summed E-state index contributed by atoms with van der Waals surface area (Å²) < 4.78 is 25.5. The van der Waals surface area contributed by atoms with E-state index in [4.69, 9.17) is 18.9 Å². The van der Waals surface area contributed by atoms with Gasteiger partial charge in [0, 0.05) is 35.8 Å². The number of hydrogen-bond acceptors (Lipinski definition) is 13. The average molecular weight is 756 g/mol. The topological polar surface area (TPSA) is 180 Å². The number of carbonyl (C=O) groups excluding carboxylic acids is 2. The first-order chi connectivity index (χ1) is 25.4. The number of aliphatic hydroxyl groups is 3. The maximum atomic E-state index is 14.3. The number of hydrogen-bond donors (Lipinski definition) is 4. The molecule has 2 aliphatic rings. The Labute approximate surface area is 319 Å². The highest BCUT2D eigenvalue weighted by atomic mass is 16.7. The number of esters is 1. The fourth-order valence-corrected chi connectivity index (χ4v) is 8.42. The Morgan fingerprint density at radius 3 is 2.39 bits per heavy atom. The second-order valence-electron chi connectivity index (χ2n) is 15.9. The number of fused-ring (bicyclic) bond motifs is 1. The van der Waals surface area contributed by atoms with Crippen molar-refractivity contribution >= 4 is 34.4 Å². The number of ether oxygens (including phenoxy) is 4. The van der Waals surface area contributed by atoms with Gasteiger partial charge in [0.05, 0.1) is 53.9 Å². The van der Waals surface area contributed by atoms with Crippen molar-refractivity contribution in [2.75, 3.05) is 20.7 Å². The number of oxime groups is 1. The van der Waals surface area contributed by atoms with Crippen LogP contribution < -0.4 is 0 Å². The van der Waals surface area contributed by atoms with Crippen LogP contribution >= 0.6 is 0 Å². The standard InChI is InChI=1S/C41H61N3O10/c1-11-32-41(8,49)37(47)24(3)34(43-50)23(2)21-40(7,51-18-14-15-28-19-29-16-12-13-17-30(29)42-22-28)38(25(4)36(46)26(5)39(48)53-32)54-33-20-31(45)35(44(9)10)27(6)52-33/h12-17,19,22-27,31-33,35,37-38,45,47,49-50H,11,18,20-21H2,1-10H3/b15-14+,43-34+/t23-,24+,25+,26-,27-,31+,32-,33+,35+,37-,38-,40-,41-/m1/s1. The van der Waals surface area contributed by atoms with Crippen molar-refractivity contribution in [1.82, 2.24) is 9.88 Å². The van der Waals surface area contributed by atoms with Crippen LogP contribution in [0.1, 0.15) is 80.2 Å². The molecule has 4 rings (SSSR count). The lowest BCUT2D eigenvalue weighted by Gasteiger charge is -2.47. The third-order valence-corrected chi connectivity index (χ3v) is 11.4. The number of aliphatic hydroxyl groups excluding tert-OH is 2. The quantitative estimate of drug-likeness (QED) is 0.127. The van der Waals surface area contributed by atoms with Crippen LogP contribution in [0.5, 0.6) is 0 Å². The predicted octanol–water partition coefficient (Wildman–Crippen LogP) is 4.62. The lowest BCUT2D eigenvalue weighted by Crippen LogP contribution is -2.59. The van der Waals surface area contributed by atoms with Crippen LogP contribution in [0.4, 0.5) is 0 Å². The molecule has 0 radical (unpaired) electrons. The van der Waals surface area contributed by atoms with E-state index in [9.17, 15) is 30.1 Å². The molecule has 54 heavy (non-hydrogen) atoms. The van der Waals surface area contributed by atoms with Gasteiger partial charge in [0.2, 0.25) is 0 Å². The van der Waals surface area contributed by atoms with E-state index < -0.39 is 83.4 Å². The van der Waals surface area contributed by atoms with Crippen LogP contribution in [-0.2, 0) is 28.5 Å². The van der Waals surface area contributed by atoms with Gasteiger partial charge in [-0.1, -0.05) is 63.2 Å². The summed E-state index contributed by atoms with van der Waals surface area (Å²) in [5, 5.41) is 49.3. The molecule has 0 amide bonds. The van der Waals surface area contributed by atoms with Crippen LogP contribution in [0.15, 0.2) is 47.8 Å². The number of para-hydroxylation sites is 1. The Bertz CT molecular complexity index is 1640. The molecule has 2 fully saturated rings. The van der Waals surface area contributed by atoms with E-state index in [0.29, 0.717) is 0 Å². The largest absolute Gasteiger partial charge is 0.459 e. The molecule has 0 unspecified atom stereocenters. The first-order valence-electron chi connectivity index (χ1n) is 19.0. The summed E-state index contributed by atoms with van der Waals surface area (Å²) in [5.74, 6) is -5.06. The third-order valence-electron chi connectivity index (χ3n) is 11.4. The summed E-state index contributed by atoms with van der Waals surface area (Å²) in [6, 6.07) is 9.52. The van der Waals surface area contributed by atoms with Gasteiger partial charge in [-0.3, -0.25) is 14.6 Å². The summed E-state index contributed by atoms with van der Waals surface area (Å²) in [5.41, 5.74) is -1.37. The highest BCUT2D eigenvalue weighted by molar-refractivity contribution is 6.00. The fraction of sp³-hybridized carbons (Fsp3) is 0.659. The van der Waals surface area contributed by atoms with Crippen molar-refractivity contribution in [3.8, 4) is 0 Å². The van der Waals surface area contributed by atoms with E-state index in [1.807, 2.05) is 75.3 Å². The molecule has 2 saturated heterocycles. The summed E-state index contributed by atoms with van der Waals surface area (Å²) in [4.78, 5) is 34.3. The molecule has 300 valence electrons. The first-order valence-corrected chi connectivity index (χ1v) is 19.0. The van der Waals surface area contributed by atoms with Crippen molar-refractivity contribution in [2.24, 2.45) is 28.8 Å². The maximum absolute atomic E-state index is 14.3. The monoisotopic (exact) mass is 755 g/mol. The van der Waals surface area contributed by atoms with Gasteiger partial charge in [-0.25, -0.2) is 0 Å². The van der Waals surface area contributed by atoms with E-state index in [0.717, 1.165) is 16.5 Å². The highest BCUT2D eigenvalue weighted by Gasteiger charge is 2.51. The molecule has 4 N–H and O–H groups in total. The van der Waals surface area contributed by atoms with Gasteiger partial charge in [-0.2, -0.15) is 0 Å². The molecule has 0 aliphatic carbocycles. The van der Waals surface area contributed by atoms with Crippen molar-refractivity contribution in [2.45, 2.75) is 129 Å². The summed E-state index contributed by atoms with van der Waals surface area (Å²) in [6.07, 6.45) is -0.0299. The normalized spacial score (nSPS) is 38.6. The number of nitrogens with zero attached hydrogens (tertiary/aromatic N) is 3. The minimum absolute atomic E-state index is 0.0678. The Kier molecular flexibility index (Phi) is 14.6. The molecule has 3 heterocycles. The fourth-order valence-electron chi connectivity index (χ4n) is 8.42. The summed E-state index contributed by atoms with van der Waals surface area (Å²) in [6.45, 7) is 13.3. The molecule has 0 spiro atoms. The molecule has 2 aromatic rings. The average Bonchev–Trinajstić information content (AvgIpc) is 3.12. The number of Topliss-reactive ketones (excluding diaryl/α,β-unsaturated/α-hetero) is 1. The minimum atomic E-state index is -1.95. The van der Waals surface area contributed by atoms with E-state index in [1.54, 1.807) is 33.9 Å². The molecule has 1 aromatic carbocycles. The number of ketones is 1. The smallest absolute Gasteiger partial charge is 0.316 e. The number of rotatable bonds is 8. The van der Waals surface area contributed by atoms with Crippen molar-refractivity contribution in [1.29, 1.82) is 0 Å². The molecule has 13 atom stereocenters. The number of pyridine rings is 1. The second kappa shape index (κ2) is 18.1. The zero-order chi connectivity index (χ0) is 40.1. The summed E-state index contributed by atoms with van der Waals surface area (Å²) in [7, 11) is 3.73. The molecule has 0 bridgehead atoms. The van der Waals surface area contributed by atoms with Gasteiger partial charge in [0.15, 0.2) is 12.1 Å². The number of aromatic nitrogens is 1. The Hall–Kier alpha value is -3.30. The lowest BCUT2D eigenvalue weighted by molar-refractivity contribution is -0.279. The van der Waals surface area contributed by atoms with Gasteiger partial charge in [-0.15, -0.1) is 0 Å². The Balaban J connectivity index is 1.78. The first kappa shape index (κ1) is 43.4. The minimum Gasteiger partial charge on any atom is -0.459 e. The third kappa shape index (κ3) is 9.55. The maximum Gasteiger partial charge on any atom is 0.316 e. The van der Waals surface area contributed by atoms with Crippen LogP contribution in [0.25, 0.3) is 17.0 Å². The SMILES string of the molecule is CC[C@H]1OC(=O)[C@H](C)C(=O)[C@H](C)[C@@H](O[C@H]2C[C@H](O)[C@@H](N(C)C)[C@@H](C)O2)[C@](C)(OC/C=C/c2cnc3ccccc3c2)C[C@@H](C)/C(=N\O)[C@H](C)[C@@H](O)[C@]1(C)O. The van der Waals surface area contributed by atoms with Gasteiger partial charge < -0.3 is 44.4 Å². The van der Waals surface area contributed by atoms with Crippen molar-refractivity contribution in [3.05, 3.63) is 48.2 Å². The molecular formula is C41H61N3O10. The van der Waals surface area contributed by atoms with Crippen LogP contribution in [-0.4, -0.2) is 123 Å². The summed E-state index contributed by atoms with van der Waals surface area (Å²) >= 11 is 0. The number of benzene rings is 1. The van der Waals surface area contributed by atoms with Gasteiger partial charge in [-0.05, 0) is 72.3 Å². The van der Waals surface area contributed by atoms with E-state index in [-0.39, 0.29) is 37.6 Å². The molecule has 0 saturated carbocycles. The number of carbonyl (C=O) groups is 2. The molecule has 2 aliphatic heterocycles. The number of likely N-dealkylation sites (N-methyl/N-ethyl adjacent to an activating group) is 1. The van der Waals surface area contributed by atoms with Crippen LogP contribution in [0.3, 0.4) is 0 Å². The van der Waals surface area contributed by atoms with E-state index >= 15 is 0 Å². The molecule has 13 nitrogen and oxygen atoms in total. The van der Waals surface area contributed by atoms with E-state index in [2.05, 4.69) is 10.1 Å². The Morgan fingerprint density at radius 1 is 1.07 bits per heavy atom. The molecule has 1 aromatic heterocycles. The van der Waals surface area contributed by atoms with Gasteiger partial charge in [0.25, 0.3) is 0 Å². The van der Waals surface area contributed by atoms with Gasteiger partial charge >= 0.3 is 5.97 Å². The van der Waals surface area contributed by atoms with Gasteiger partial charge in [0.1, 0.15) is 17.6 Å². The highest BCUT2D eigenvalue weighted by Crippen LogP contribution is 2.39. The number of cyclic esters (lactones) is 1. The van der Waals surface area contributed by atoms with Crippen molar-refractivity contribution in [3.63, 3.8) is 0 Å². The molecular weight excluding hydrogens is 694 g/mol. The lowest BCUT2D eigenvalue weighted by atomic mass is 9.74. The zero-order valence-electron chi connectivity index (χ0n) is 33.4. The van der Waals surface area contributed by atoms with Crippen molar-refractivity contribution < 1.29 is 49.1 Å². The predicted molar refractivity (Wildman–Crippen MR) is 205 cm³/mol. The second-order valence-corrected chi connectivity index (χ2v) is 15.9. The van der Waals surface area contributed by atoms with Crippen LogP contribution in [0.2, 0.25) is 0 Å². The zero-order valence-corrected chi connectivity index (χ0v) is 33.4. The van der Waals surface area contributed by atoms with Crippen LogP contribution in [0, 0.1) is 23.7 Å². The Morgan fingerprint density at radius 2 is 1.76 bits per heavy atom. The van der Waals surface area contributed by atoms with E-state index in [1.165, 1.54) is 13.8 Å². The molecule has 13 heteroatoms.